The molecule has 122 valence electrons. The number of amides is 1. The average molecular weight is 306 g/mol. The van der Waals surface area contributed by atoms with Crippen molar-refractivity contribution < 1.29 is 14.3 Å². The second kappa shape index (κ2) is 8.63. The predicted octanol–water partition coefficient (Wildman–Crippen LogP) is 2.10. The molecular weight excluding hydrogens is 280 g/mol. The van der Waals surface area contributed by atoms with Crippen LogP contribution in [0.5, 0.6) is 11.5 Å². The van der Waals surface area contributed by atoms with E-state index >= 15 is 0 Å². The molecule has 5 heteroatoms. The normalized spacial score (nSPS) is 16.8. The van der Waals surface area contributed by atoms with Crippen LogP contribution in [-0.2, 0) is 4.79 Å². The van der Waals surface area contributed by atoms with Crippen molar-refractivity contribution in [3.63, 3.8) is 0 Å². The minimum absolute atomic E-state index is 0.0242. The molecule has 3 N–H and O–H groups in total. The van der Waals surface area contributed by atoms with E-state index in [0.717, 1.165) is 12.8 Å². The number of benzene rings is 1. The van der Waals surface area contributed by atoms with E-state index in [-0.39, 0.29) is 18.6 Å². The van der Waals surface area contributed by atoms with E-state index in [9.17, 15) is 4.79 Å². The zero-order chi connectivity index (χ0) is 15.8. The van der Waals surface area contributed by atoms with E-state index in [0.29, 0.717) is 24.0 Å². The van der Waals surface area contributed by atoms with Crippen molar-refractivity contribution in [3.05, 3.63) is 24.3 Å². The topological polar surface area (TPSA) is 73.6 Å². The van der Waals surface area contributed by atoms with Crippen molar-refractivity contribution in [2.24, 2.45) is 11.7 Å². The molecule has 22 heavy (non-hydrogen) atoms. The van der Waals surface area contributed by atoms with Crippen LogP contribution in [-0.4, -0.2) is 32.2 Å². The van der Waals surface area contributed by atoms with Gasteiger partial charge < -0.3 is 20.5 Å². The summed E-state index contributed by atoms with van der Waals surface area (Å²) in [5.41, 5.74) is 5.83. The first-order valence-electron chi connectivity index (χ1n) is 8.00. The van der Waals surface area contributed by atoms with Gasteiger partial charge in [-0.3, -0.25) is 4.79 Å². The second-order valence-electron chi connectivity index (χ2n) is 5.75. The number of nitrogens with two attached hydrogens (primary N) is 1. The first kappa shape index (κ1) is 16.6. The maximum absolute atomic E-state index is 12.1. The third-order valence-corrected chi connectivity index (χ3v) is 4.25. The number of nitrogens with one attached hydrogen (secondary N) is 1. The van der Waals surface area contributed by atoms with Gasteiger partial charge in [0.15, 0.2) is 18.1 Å². The van der Waals surface area contributed by atoms with Gasteiger partial charge in [0, 0.05) is 12.6 Å². The molecule has 1 unspecified atom stereocenters. The predicted molar refractivity (Wildman–Crippen MR) is 86.0 cm³/mol. The quantitative estimate of drug-likeness (QED) is 0.809. The Labute approximate surface area is 132 Å². The molecule has 2 rings (SSSR count). The van der Waals surface area contributed by atoms with Gasteiger partial charge in [-0.1, -0.05) is 31.4 Å². The Morgan fingerprint density at radius 3 is 2.59 bits per heavy atom. The highest BCUT2D eigenvalue weighted by molar-refractivity contribution is 5.78. The maximum atomic E-state index is 12.1. The number of hydrogen-bond donors (Lipinski definition) is 2. The minimum Gasteiger partial charge on any atom is -0.493 e. The van der Waals surface area contributed by atoms with Crippen LogP contribution < -0.4 is 20.5 Å². The molecule has 1 amide bonds. The lowest BCUT2D eigenvalue weighted by Crippen LogP contribution is -2.47. The van der Waals surface area contributed by atoms with Crippen LogP contribution in [0.1, 0.15) is 32.1 Å². The van der Waals surface area contributed by atoms with Gasteiger partial charge in [-0.25, -0.2) is 0 Å². The summed E-state index contributed by atoms with van der Waals surface area (Å²) in [5.74, 6) is 1.56. The molecule has 1 aliphatic carbocycles. The number of methoxy groups -OCH3 is 1. The Morgan fingerprint density at radius 1 is 1.27 bits per heavy atom. The number of rotatable bonds is 7. The lowest BCUT2D eigenvalue weighted by atomic mass is 9.84. The highest BCUT2D eigenvalue weighted by Crippen LogP contribution is 2.27. The van der Waals surface area contributed by atoms with E-state index in [2.05, 4.69) is 5.32 Å². The highest BCUT2D eigenvalue weighted by Gasteiger charge is 2.24. The van der Waals surface area contributed by atoms with Crippen molar-refractivity contribution in [1.29, 1.82) is 0 Å². The van der Waals surface area contributed by atoms with Gasteiger partial charge in [0.05, 0.1) is 7.11 Å². The Kier molecular flexibility index (Phi) is 6.52. The summed E-state index contributed by atoms with van der Waals surface area (Å²) >= 11 is 0. The summed E-state index contributed by atoms with van der Waals surface area (Å²) in [7, 11) is 1.58. The lowest BCUT2D eigenvalue weighted by Gasteiger charge is -2.30. The molecule has 1 aliphatic rings. The fourth-order valence-electron chi connectivity index (χ4n) is 3.04. The summed E-state index contributed by atoms with van der Waals surface area (Å²) in [6.07, 6.45) is 6.05. The Bertz CT molecular complexity index is 473. The van der Waals surface area contributed by atoms with E-state index in [1.54, 1.807) is 19.2 Å². The molecular formula is C17H26N2O3. The van der Waals surface area contributed by atoms with Gasteiger partial charge in [0.2, 0.25) is 0 Å². The molecule has 1 saturated carbocycles. The van der Waals surface area contributed by atoms with Gasteiger partial charge in [-0.2, -0.15) is 0 Å². The summed E-state index contributed by atoms with van der Waals surface area (Å²) in [6.45, 7) is 0.453. The lowest BCUT2D eigenvalue weighted by molar-refractivity contribution is -0.124. The van der Waals surface area contributed by atoms with Crippen LogP contribution in [0, 0.1) is 5.92 Å². The van der Waals surface area contributed by atoms with Gasteiger partial charge >= 0.3 is 0 Å². The molecule has 0 saturated heterocycles. The fraction of sp³-hybridized carbons (Fsp3) is 0.588. The van der Waals surface area contributed by atoms with Crippen LogP contribution >= 0.6 is 0 Å². The molecule has 0 aliphatic heterocycles. The molecule has 1 aromatic carbocycles. The van der Waals surface area contributed by atoms with E-state index in [1.165, 1.54) is 19.3 Å². The number of hydrogen-bond acceptors (Lipinski definition) is 4. The number of para-hydroxylation sites is 2. The van der Waals surface area contributed by atoms with Crippen LogP contribution in [0.15, 0.2) is 24.3 Å². The first-order valence-corrected chi connectivity index (χ1v) is 8.00. The minimum atomic E-state index is -0.132. The third kappa shape index (κ3) is 4.63. The largest absolute Gasteiger partial charge is 0.493 e. The van der Waals surface area contributed by atoms with Gasteiger partial charge in [-0.15, -0.1) is 0 Å². The van der Waals surface area contributed by atoms with Gasteiger partial charge in [-0.05, 0) is 30.9 Å². The number of carbonyl (C=O) groups is 1. The Balaban J connectivity index is 1.83. The van der Waals surface area contributed by atoms with Gasteiger partial charge in [0.1, 0.15) is 0 Å². The first-order chi connectivity index (χ1) is 10.7. The molecule has 0 aromatic heterocycles. The number of ether oxygens (including phenoxy) is 2. The van der Waals surface area contributed by atoms with Crippen molar-refractivity contribution in [2.45, 2.75) is 38.1 Å². The Hall–Kier alpha value is -1.75. The number of carbonyl (C=O) groups excluding carboxylic acids is 1. The monoisotopic (exact) mass is 306 g/mol. The standard InChI is InChI=1S/C17H26N2O3/c1-21-15-9-5-6-10-16(15)22-12-17(20)19-14(11-18)13-7-3-2-4-8-13/h5-6,9-10,13-14H,2-4,7-8,11-12,18H2,1H3,(H,19,20). The molecule has 0 spiro atoms. The van der Waals surface area contributed by atoms with Gasteiger partial charge in [0.25, 0.3) is 5.91 Å². The zero-order valence-corrected chi connectivity index (χ0v) is 13.2. The van der Waals surface area contributed by atoms with Crippen LogP contribution in [0.25, 0.3) is 0 Å². The van der Waals surface area contributed by atoms with E-state index in [4.69, 9.17) is 15.2 Å². The summed E-state index contributed by atoms with van der Waals surface area (Å²) in [6, 6.07) is 7.35. The molecule has 5 nitrogen and oxygen atoms in total. The molecule has 0 radical (unpaired) electrons. The van der Waals surface area contributed by atoms with Crippen molar-refractivity contribution >= 4 is 5.91 Å². The summed E-state index contributed by atoms with van der Waals surface area (Å²) in [4.78, 5) is 12.1. The summed E-state index contributed by atoms with van der Waals surface area (Å²) in [5, 5.41) is 3.01. The molecule has 1 fully saturated rings. The van der Waals surface area contributed by atoms with Crippen molar-refractivity contribution in [2.75, 3.05) is 20.3 Å². The molecule has 0 heterocycles. The molecule has 1 aromatic rings. The Morgan fingerprint density at radius 2 is 1.95 bits per heavy atom. The molecule has 0 bridgehead atoms. The third-order valence-electron chi connectivity index (χ3n) is 4.25. The van der Waals surface area contributed by atoms with Crippen molar-refractivity contribution in [1.82, 2.24) is 5.32 Å². The van der Waals surface area contributed by atoms with E-state index in [1.807, 2.05) is 12.1 Å². The van der Waals surface area contributed by atoms with E-state index < -0.39 is 0 Å². The average Bonchev–Trinajstić information content (AvgIpc) is 2.58. The summed E-state index contributed by atoms with van der Waals surface area (Å²) < 4.78 is 10.7. The maximum Gasteiger partial charge on any atom is 0.258 e. The molecule has 1 atom stereocenters. The van der Waals surface area contributed by atoms with Crippen LogP contribution in [0.3, 0.4) is 0 Å². The smallest absolute Gasteiger partial charge is 0.258 e. The highest BCUT2D eigenvalue weighted by atomic mass is 16.5. The van der Waals surface area contributed by atoms with Crippen molar-refractivity contribution in [3.8, 4) is 11.5 Å². The fourth-order valence-corrected chi connectivity index (χ4v) is 3.04. The second-order valence-corrected chi connectivity index (χ2v) is 5.75. The van der Waals surface area contributed by atoms with Crippen LogP contribution in [0.4, 0.5) is 0 Å². The van der Waals surface area contributed by atoms with Crippen LogP contribution in [0.2, 0.25) is 0 Å². The SMILES string of the molecule is COc1ccccc1OCC(=O)NC(CN)C1CCCCC1. The zero-order valence-electron chi connectivity index (χ0n) is 13.2.